The molecule has 426 valence electrons. The normalized spacial score (nSPS) is 22.7. The third-order valence-electron chi connectivity index (χ3n) is 13.5. The second-order valence-electron chi connectivity index (χ2n) is 18.6. The third-order valence-corrected chi connectivity index (χ3v) is 14.1. The molecular weight excluding hydrogens is 1010 g/mol. The number of hydrogen-bond acceptors (Lipinski definition) is 14. The van der Waals surface area contributed by atoms with Gasteiger partial charge in [-0.2, -0.15) is 27.9 Å². The molecule has 74 heavy (non-hydrogen) atoms. The predicted molar refractivity (Wildman–Crippen MR) is 274 cm³/mol. The minimum absolute atomic E-state index is 0. The van der Waals surface area contributed by atoms with E-state index in [2.05, 4.69) is 36.3 Å². The minimum Gasteiger partial charge on any atom is -0.724 e. The fraction of sp³-hybridized carbons (Fsp3) is 0.745. The van der Waals surface area contributed by atoms with Gasteiger partial charge in [-0.15, -0.1) is 4.28 Å². The van der Waals surface area contributed by atoms with Crippen molar-refractivity contribution in [1.29, 1.82) is 0 Å². The van der Waals surface area contributed by atoms with Crippen LogP contribution in [0, 0.1) is 0 Å². The number of carbonyl (C=O) groups is 6. The van der Waals surface area contributed by atoms with Crippen LogP contribution in [-0.2, 0) is 55.2 Å². The van der Waals surface area contributed by atoms with Crippen LogP contribution in [0.1, 0.15) is 145 Å². The molecule has 6 atom stereocenters. The summed E-state index contributed by atoms with van der Waals surface area (Å²) in [6.45, 7) is 16.2. The van der Waals surface area contributed by atoms with E-state index in [4.69, 9.17) is 26.6 Å². The van der Waals surface area contributed by atoms with Crippen molar-refractivity contribution in [3.8, 4) is 0 Å². The van der Waals surface area contributed by atoms with Crippen molar-refractivity contribution < 1.29 is 72.6 Å². The zero-order valence-electron chi connectivity index (χ0n) is 41.2. The number of hydrogen-bond donors (Lipinski definition) is 4. The van der Waals surface area contributed by atoms with Gasteiger partial charge in [0.1, 0.15) is 24.7 Å². The summed E-state index contributed by atoms with van der Waals surface area (Å²) in [5.41, 5.74) is 16.6. The fourth-order valence-corrected chi connectivity index (χ4v) is 10.5. The number of urea groups is 3. The van der Waals surface area contributed by atoms with Crippen molar-refractivity contribution in [3.05, 3.63) is 35.9 Å². The Morgan fingerprint density at radius 1 is 0.581 bits per heavy atom. The van der Waals surface area contributed by atoms with Crippen LogP contribution in [0.3, 0.4) is 0 Å². The van der Waals surface area contributed by atoms with Crippen LogP contribution in [0.25, 0.3) is 0 Å². The van der Waals surface area contributed by atoms with Crippen molar-refractivity contribution in [3.63, 3.8) is 0 Å². The maximum atomic E-state index is 12.2. The zero-order valence-corrected chi connectivity index (χ0v) is 42.9. The second kappa shape index (κ2) is 30.6. The predicted octanol–water partition coefficient (Wildman–Crippen LogP) is 4.39. The van der Waals surface area contributed by atoms with Gasteiger partial charge >= 0.3 is 28.5 Å². The number of hydroxylamine groups is 6. The third kappa shape index (κ3) is 18.7. The Hall–Kier alpha value is -4.90. The van der Waals surface area contributed by atoms with Gasteiger partial charge in [-0.1, -0.05) is 106 Å². The number of nitrogens with zero attached hydrogens (tertiary/aromatic N) is 7. The lowest BCUT2D eigenvalue weighted by atomic mass is 10.0. The van der Waals surface area contributed by atoms with Crippen LogP contribution in [0.2, 0.25) is 0 Å². The number of amides is 9. The molecule has 7 rings (SSSR count). The molecule has 6 heterocycles. The van der Waals surface area contributed by atoms with Crippen LogP contribution in [0.5, 0.6) is 0 Å². The minimum atomic E-state index is -5.00. The Labute approximate surface area is 439 Å². The number of unbranched alkanes of at least 4 members (excludes halogenated alkanes) is 4. The largest absolute Gasteiger partial charge is 0.724 e. The van der Waals surface area contributed by atoms with Gasteiger partial charge in [-0.05, 0) is 69.8 Å². The van der Waals surface area contributed by atoms with E-state index in [1.54, 1.807) is 0 Å². The standard InChI is InChI=1S/C16H36N.C14H17N3O3.2C7H11N3O6S.3CH4/c1-5-9-13-17(14-10-6-2,15-11-7-3)16-12-8-4;15-13(18)12-7-6-11-8-16(12)14(19)17(11)20-9-10-4-2-1-3-5-10;2*8-6(11)5-2-1-4-3-9(5)7(12)10(4)16-17(13,14)15;;;/h5-16H2,1-4H3;1-5,11-12H,6-9H2,(H2,15,18);2*4-5H,1-3H2,(H2,8,11)(H,13,14,15);3*1H4/q+1;;;;;;/p-1/t;11-,12+;2*4-,5+;;;/m.111.../s1. The average Bonchev–Trinajstić information content (AvgIpc) is 3.80. The van der Waals surface area contributed by atoms with Gasteiger partial charge in [0, 0.05) is 19.6 Å². The maximum absolute atomic E-state index is 12.2. The van der Waals surface area contributed by atoms with E-state index in [1.165, 1.54) is 92.0 Å². The Bertz CT molecular complexity index is 2070. The van der Waals surface area contributed by atoms with Crippen molar-refractivity contribution in [2.45, 2.75) is 183 Å². The summed E-state index contributed by atoms with van der Waals surface area (Å²) in [5, 5.41) is 2.47. The molecule has 27 heteroatoms. The zero-order chi connectivity index (χ0) is 52.7. The first kappa shape index (κ1) is 67.1. The molecule has 0 aliphatic carbocycles. The molecule has 1 aromatic carbocycles. The number of quaternary nitrogens is 1. The summed E-state index contributed by atoms with van der Waals surface area (Å²) in [5.74, 6) is -1.75. The molecule has 0 aromatic heterocycles. The number of piperidine rings is 3. The van der Waals surface area contributed by atoms with E-state index in [9.17, 15) is 50.2 Å². The fourth-order valence-electron chi connectivity index (χ4n) is 9.71. The lowest BCUT2D eigenvalue weighted by Gasteiger charge is -2.39. The highest BCUT2D eigenvalue weighted by atomic mass is 32.3. The highest BCUT2D eigenvalue weighted by molar-refractivity contribution is 7.81. The van der Waals surface area contributed by atoms with Gasteiger partial charge in [0.25, 0.3) is 0 Å². The van der Waals surface area contributed by atoms with Crippen LogP contribution in [-0.4, -0.2) is 178 Å². The summed E-state index contributed by atoms with van der Waals surface area (Å²) >= 11 is 0. The van der Waals surface area contributed by atoms with Gasteiger partial charge in [0.05, 0.1) is 44.3 Å². The molecule has 0 unspecified atom stereocenters. The Morgan fingerprint density at radius 2 is 0.905 bits per heavy atom. The molecule has 6 bridgehead atoms. The molecule has 0 radical (unpaired) electrons. The van der Waals surface area contributed by atoms with E-state index in [1.807, 2.05) is 30.3 Å². The molecule has 25 nitrogen and oxygen atoms in total. The van der Waals surface area contributed by atoms with Crippen molar-refractivity contribution in [2.24, 2.45) is 17.2 Å². The number of carbonyl (C=O) groups excluding carboxylic acids is 6. The summed E-state index contributed by atoms with van der Waals surface area (Å²) in [7, 11) is -9.76. The summed E-state index contributed by atoms with van der Waals surface area (Å²) in [6.07, 6.45) is 13.8. The van der Waals surface area contributed by atoms with E-state index in [0.29, 0.717) is 55.4 Å². The van der Waals surface area contributed by atoms with E-state index in [-0.39, 0.29) is 47.4 Å². The Kier molecular flexibility index (Phi) is 27.8. The molecule has 9 amide bonds. The Morgan fingerprint density at radius 3 is 1.22 bits per heavy atom. The van der Waals surface area contributed by atoms with Gasteiger partial charge in [0.2, 0.25) is 28.1 Å². The second-order valence-corrected chi connectivity index (χ2v) is 20.6. The number of fused-ring (bicyclic) bond motifs is 6. The highest BCUT2D eigenvalue weighted by Gasteiger charge is 2.50. The first-order chi connectivity index (χ1) is 33.5. The van der Waals surface area contributed by atoms with Crippen molar-refractivity contribution >= 4 is 56.6 Å². The van der Waals surface area contributed by atoms with Crippen LogP contribution in [0.4, 0.5) is 14.4 Å². The van der Waals surface area contributed by atoms with E-state index >= 15 is 0 Å². The number of nitrogens with two attached hydrogens (primary N) is 3. The topological polar surface area (TPSA) is 339 Å². The molecule has 1 aromatic rings. The van der Waals surface area contributed by atoms with E-state index in [0.717, 1.165) is 21.8 Å². The van der Waals surface area contributed by atoms with E-state index < -0.39 is 80.8 Å². The quantitative estimate of drug-likeness (QED) is 0.0711. The molecule has 0 saturated carbocycles. The summed E-state index contributed by atoms with van der Waals surface area (Å²) in [4.78, 5) is 78.6. The molecule has 7 N–H and O–H groups in total. The molecule has 0 spiro atoms. The number of benzene rings is 1. The summed E-state index contributed by atoms with van der Waals surface area (Å²) in [6, 6.07) is 4.75. The highest BCUT2D eigenvalue weighted by Crippen LogP contribution is 2.33. The molecule has 6 aliphatic heterocycles. The first-order valence-corrected chi connectivity index (χ1v) is 27.2. The maximum Gasteiger partial charge on any atom is 0.418 e. The Balaban J connectivity index is 0.000000488. The van der Waals surface area contributed by atoms with Gasteiger partial charge in [0.15, 0.2) is 0 Å². The lowest BCUT2D eigenvalue weighted by molar-refractivity contribution is -0.929. The average molecular weight is 1100 g/mol. The van der Waals surface area contributed by atoms with Crippen molar-refractivity contribution in [1.82, 2.24) is 29.9 Å². The van der Waals surface area contributed by atoms with Crippen LogP contribution >= 0.6 is 0 Å². The number of rotatable bonds is 22. The van der Waals surface area contributed by atoms with Gasteiger partial charge in [-0.25, -0.2) is 22.8 Å². The monoisotopic (exact) mass is 1090 g/mol. The van der Waals surface area contributed by atoms with Crippen LogP contribution in [0.15, 0.2) is 30.3 Å². The lowest BCUT2D eigenvalue weighted by Crippen LogP contribution is -2.50. The van der Waals surface area contributed by atoms with Crippen molar-refractivity contribution in [2.75, 3.05) is 45.8 Å². The summed E-state index contributed by atoms with van der Waals surface area (Å²) < 4.78 is 70.7. The van der Waals surface area contributed by atoms with Crippen LogP contribution < -0.4 is 17.2 Å². The molecular formula is C47H86N10O15S2. The smallest absolute Gasteiger partial charge is 0.418 e. The molecule has 6 aliphatic rings. The molecule has 6 fully saturated rings. The van der Waals surface area contributed by atoms with Gasteiger partial charge in [-0.3, -0.25) is 23.8 Å². The first-order valence-electron chi connectivity index (χ1n) is 24.5. The molecule has 6 saturated heterocycles. The SMILES string of the molecule is C.C.C.CCCC[N+](CCCC)(CCCC)CCCC.NC(=O)[C@@H]1CC[C@@H]2CN1C(=O)N2OCc1ccccc1.NC(=O)[C@@H]1CC[C@@H]2CN1C(=O)N2OS(=O)(=O)O.NC(=O)[C@@H]1CC[C@@H]2CN1C(=O)N2OS(=O)(=O)[O-]. The number of primary amides is 3. The van der Waals surface area contributed by atoms with Gasteiger partial charge < -0.3 is 40.9 Å².